The molecule has 3 nitrogen and oxygen atoms in total. The first kappa shape index (κ1) is 15.0. The van der Waals surface area contributed by atoms with Gasteiger partial charge in [-0.05, 0) is 54.0 Å². The van der Waals surface area contributed by atoms with Crippen molar-refractivity contribution in [2.45, 2.75) is 66.2 Å². The fourth-order valence-corrected chi connectivity index (χ4v) is 1.48. The monoisotopic (exact) mass is 250 g/mol. The van der Waals surface area contributed by atoms with Gasteiger partial charge in [0, 0.05) is 23.8 Å². The van der Waals surface area contributed by atoms with Gasteiger partial charge in [0.1, 0.15) is 5.60 Å². The van der Waals surface area contributed by atoms with Crippen LogP contribution in [0, 0.1) is 6.92 Å². The average molecular weight is 250 g/mol. The summed E-state index contributed by atoms with van der Waals surface area (Å²) < 4.78 is 5.75. The fraction of sp³-hybridized carbons (Fsp3) is 0.667. The Balaban J connectivity index is 2.74. The van der Waals surface area contributed by atoms with E-state index in [0.717, 1.165) is 12.2 Å². The van der Waals surface area contributed by atoms with Crippen molar-refractivity contribution in [3.63, 3.8) is 0 Å². The number of rotatable bonds is 3. The van der Waals surface area contributed by atoms with Gasteiger partial charge in [-0.1, -0.05) is 6.07 Å². The third kappa shape index (κ3) is 5.50. The lowest BCUT2D eigenvalue weighted by Crippen LogP contribution is -2.35. The molecule has 3 heteroatoms. The largest absolute Gasteiger partial charge is 0.472 e. The van der Waals surface area contributed by atoms with E-state index in [1.54, 1.807) is 0 Å². The third-order valence-corrected chi connectivity index (χ3v) is 2.39. The van der Waals surface area contributed by atoms with Gasteiger partial charge in [-0.15, -0.1) is 0 Å². The smallest absolute Gasteiger partial charge is 0.213 e. The molecule has 102 valence electrons. The van der Waals surface area contributed by atoms with Gasteiger partial charge in [0.15, 0.2) is 0 Å². The van der Waals surface area contributed by atoms with E-state index < -0.39 is 0 Å². The summed E-state index contributed by atoms with van der Waals surface area (Å²) >= 11 is 0. The minimum Gasteiger partial charge on any atom is -0.472 e. The van der Waals surface area contributed by atoms with Gasteiger partial charge < -0.3 is 10.1 Å². The zero-order valence-electron chi connectivity index (χ0n) is 12.7. The number of aromatic nitrogens is 1. The van der Waals surface area contributed by atoms with E-state index in [9.17, 15) is 0 Å². The zero-order valence-corrected chi connectivity index (χ0v) is 12.7. The zero-order chi connectivity index (χ0) is 14.0. The Morgan fingerprint density at radius 3 is 2.17 bits per heavy atom. The SMILES string of the molecule is Cc1nc(OC(C)(C)C)ccc1CNC(C)(C)C. The van der Waals surface area contributed by atoms with Crippen LogP contribution < -0.4 is 10.1 Å². The van der Waals surface area contributed by atoms with Gasteiger partial charge >= 0.3 is 0 Å². The average Bonchev–Trinajstić information content (AvgIpc) is 2.12. The highest BCUT2D eigenvalue weighted by molar-refractivity contribution is 5.25. The highest BCUT2D eigenvalue weighted by Crippen LogP contribution is 2.18. The van der Waals surface area contributed by atoms with E-state index in [0.29, 0.717) is 5.88 Å². The first-order valence-electron chi connectivity index (χ1n) is 6.47. The van der Waals surface area contributed by atoms with Crippen LogP contribution in [0.2, 0.25) is 0 Å². The summed E-state index contributed by atoms with van der Waals surface area (Å²) in [5, 5.41) is 3.47. The van der Waals surface area contributed by atoms with Gasteiger partial charge in [0.05, 0.1) is 0 Å². The first-order valence-corrected chi connectivity index (χ1v) is 6.47. The standard InChI is InChI=1S/C15H26N2O/c1-11-12(10-16-14(2,3)4)8-9-13(17-11)18-15(5,6)7/h8-9,16H,10H2,1-7H3. The lowest BCUT2D eigenvalue weighted by Gasteiger charge is -2.22. The number of hydrogen-bond acceptors (Lipinski definition) is 3. The topological polar surface area (TPSA) is 34.1 Å². The van der Waals surface area contributed by atoms with Gasteiger partial charge in [-0.3, -0.25) is 0 Å². The maximum atomic E-state index is 5.75. The molecule has 1 aromatic rings. The van der Waals surface area contributed by atoms with Crippen LogP contribution in [0.25, 0.3) is 0 Å². The van der Waals surface area contributed by atoms with Crippen molar-refractivity contribution < 1.29 is 4.74 Å². The van der Waals surface area contributed by atoms with Crippen LogP contribution in [0.1, 0.15) is 52.8 Å². The molecule has 0 aliphatic carbocycles. The molecule has 1 N–H and O–H groups in total. The summed E-state index contributed by atoms with van der Waals surface area (Å²) in [5.41, 5.74) is 2.15. The number of pyridine rings is 1. The first-order chi connectivity index (χ1) is 8.07. The number of aryl methyl sites for hydroxylation is 1. The molecule has 0 saturated carbocycles. The van der Waals surface area contributed by atoms with Crippen LogP contribution >= 0.6 is 0 Å². The number of nitrogens with zero attached hydrogens (tertiary/aromatic N) is 1. The number of hydrogen-bond donors (Lipinski definition) is 1. The van der Waals surface area contributed by atoms with Crippen LogP contribution in [0.15, 0.2) is 12.1 Å². The van der Waals surface area contributed by atoms with Gasteiger partial charge in [0.25, 0.3) is 0 Å². The molecule has 0 fully saturated rings. The van der Waals surface area contributed by atoms with Crippen molar-refractivity contribution in [3.05, 3.63) is 23.4 Å². The molecule has 0 aliphatic heterocycles. The fourth-order valence-electron chi connectivity index (χ4n) is 1.48. The second-order valence-corrected chi connectivity index (χ2v) is 6.71. The van der Waals surface area contributed by atoms with Crippen molar-refractivity contribution in [2.24, 2.45) is 0 Å². The van der Waals surface area contributed by atoms with Gasteiger partial charge in [0.2, 0.25) is 5.88 Å². The normalized spacial score (nSPS) is 12.6. The van der Waals surface area contributed by atoms with Crippen molar-refractivity contribution in [1.29, 1.82) is 0 Å². The minimum atomic E-state index is -0.204. The molecule has 0 saturated heterocycles. The Bertz CT molecular complexity index is 400. The van der Waals surface area contributed by atoms with Crippen LogP contribution in [0.4, 0.5) is 0 Å². The Hall–Kier alpha value is -1.09. The summed E-state index contributed by atoms with van der Waals surface area (Å²) in [6.45, 7) is 15.4. The van der Waals surface area contributed by atoms with E-state index in [-0.39, 0.29) is 11.1 Å². The molecular formula is C15H26N2O. The molecule has 0 radical (unpaired) electrons. The molecule has 1 aromatic heterocycles. The predicted octanol–water partition coefficient (Wildman–Crippen LogP) is 3.46. The summed E-state index contributed by atoms with van der Waals surface area (Å²) in [5.74, 6) is 0.694. The Labute approximate surface area is 111 Å². The molecule has 0 bridgehead atoms. The third-order valence-electron chi connectivity index (χ3n) is 2.39. The van der Waals surface area contributed by atoms with E-state index in [1.165, 1.54) is 5.56 Å². The Kier molecular flexibility index (Phi) is 4.38. The minimum absolute atomic E-state index is 0.118. The van der Waals surface area contributed by atoms with Gasteiger partial charge in [-0.25, -0.2) is 4.98 Å². The second-order valence-electron chi connectivity index (χ2n) is 6.71. The van der Waals surface area contributed by atoms with Crippen molar-refractivity contribution in [3.8, 4) is 5.88 Å². The van der Waals surface area contributed by atoms with Crippen molar-refractivity contribution in [2.75, 3.05) is 0 Å². The summed E-state index contributed by atoms with van der Waals surface area (Å²) in [6.07, 6.45) is 0. The quantitative estimate of drug-likeness (QED) is 0.892. The molecule has 0 atom stereocenters. The van der Waals surface area contributed by atoms with E-state index in [1.807, 2.05) is 33.8 Å². The molecule has 0 aliphatic rings. The van der Waals surface area contributed by atoms with Gasteiger partial charge in [-0.2, -0.15) is 0 Å². The molecule has 18 heavy (non-hydrogen) atoms. The van der Waals surface area contributed by atoms with Crippen molar-refractivity contribution >= 4 is 0 Å². The van der Waals surface area contributed by atoms with E-state index >= 15 is 0 Å². The molecule has 1 heterocycles. The molecule has 0 unspecified atom stereocenters. The lowest BCUT2D eigenvalue weighted by atomic mass is 10.1. The maximum Gasteiger partial charge on any atom is 0.213 e. The highest BCUT2D eigenvalue weighted by atomic mass is 16.5. The van der Waals surface area contributed by atoms with Crippen LogP contribution in [0.3, 0.4) is 0 Å². The lowest BCUT2D eigenvalue weighted by molar-refractivity contribution is 0.124. The molecule has 0 aromatic carbocycles. The molecule has 0 amide bonds. The highest BCUT2D eigenvalue weighted by Gasteiger charge is 2.14. The summed E-state index contributed by atoms with van der Waals surface area (Å²) in [6, 6.07) is 4.03. The van der Waals surface area contributed by atoms with Crippen LogP contribution in [-0.2, 0) is 6.54 Å². The predicted molar refractivity (Wildman–Crippen MR) is 75.9 cm³/mol. The van der Waals surface area contributed by atoms with Crippen LogP contribution in [0.5, 0.6) is 5.88 Å². The van der Waals surface area contributed by atoms with Crippen LogP contribution in [-0.4, -0.2) is 16.1 Å². The number of nitrogens with one attached hydrogen (secondary N) is 1. The number of ether oxygens (including phenoxy) is 1. The Morgan fingerprint density at radius 1 is 1.11 bits per heavy atom. The van der Waals surface area contributed by atoms with Crippen molar-refractivity contribution in [1.82, 2.24) is 10.3 Å². The van der Waals surface area contributed by atoms with E-state index in [4.69, 9.17) is 4.74 Å². The maximum absolute atomic E-state index is 5.75. The summed E-state index contributed by atoms with van der Waals surface area (Å²) in [4.78, 5) is 4.50. The Morgan fingerprint density at radius 2 is 1.72 bits per heavy atom. The summed E-state index contributed by atoms with van der Waals surface area (Å²) in [7, 11) is 0. The van der Waals surface area contributed by atoms with E-state index in [2.05, 4.69) is 37.1 Å². The molecule has 0 spiro atoms. The molecular weight excluding hydrogens is 224 g/mol. The second kappa shape index (κ2) is 5.27. The molecule has 1 rings (SSSR count).